The van der Waals surface area contributed by atoms with E-state index in [2.05, 4.69) is 6.07 Å². The van der Waals surface area contributed by atoms with E-state index in [4.69, 9.17) is 28.5 Å². The third-order valence-electron chi connectivity index (χ3n) is 4.34. The molecule has 1 aromatic carbocycles. The lowest BCUT2D eigenvalue weighted by Gasteiger charge is -2.30. The van der Waals surface area contributed by atoms with Crippen LogP contribution in [0.5, 0.6) is 0 Å². The van der Waals surface area contributed by atoms with Crippen LogP contribution in [0.1, 0.15) is 49.1 Å². The summed E-state index contributed by atoms with van der Waals surface area (Å²) in [6.07, 6.45) is 8.44. The van der Waals surface area contributed by atoms with Crippen LogP contribution in [-0.4, -0.2) is 33.7 Å². The first-order chi connectivity index (χ1) is 13.6. The Morgan fingerprint density at radius 2 is 2.04 bits per heavy atom. The first-order valence-electron chi connectivity index (χ1n) is 9.38. The first kappa shape index (κ1) is 22.6. The molecule has 2 heterocycles. The Morgan fingerprint density at radius 3 is 2.54 bits per heavy atom. The summed E-state index contributed by atoms with van der Waals surface area (Å²) in [6, 6.07) is 8.79. The highest BCUT2D eigenvalue weighted by Crippen LogP contribution is 2.61. The van der Waals surface area contributed by atoms with Gasteiger partial charge in [0, 0.05) is 20.8 Å². The van der Waals surface area contributed by atoms with Crippen LogP contribution in [0.2, 0.25) is 0 Å². The second-order valence-corrected chi connectivity index (χ2v) is 8.59. The quantitative estimate of drug-likeness (QED) is 0.618. The zero-order valence-corrected chi connectivity index (χ0v) is 17.3. The molecule has 2 atom stereocenters. The third-order valence-corrected chi connectivity index (χ3v) is 6.35. The maximum atomic E-state index is 12.8. The van der Waals surface area contributed by atoms with Gasteiger partial charge in [0.05, 0.1) is 24.5 Å². The zero-order chi connectivity index (χ0) is 20.2. The Labute approximate surface area is 166 Å². The molecular weight excluding hydrogens is 381 g/mol. The van der Waals surface area contributed by atoms with Crippen LogP contribution in [0.4, 0.5) is 0 Å². The highest BCUT2D eigenvalue weighted by Gasteiger charge is 2.39. The molecule has 2 unspecified atom stereocenters. The van der Waals surface area contributed by atoms with Gasteiger partial charge in [-0.15, -0.1) is 0 Å². The van der Waals surface area contributed by atoms with E-state index >= 15 is 0 Å². The summed E-state index contributed by atoms with van der Waals surface area (Å²) < 4.78 is 39.3. The predicted molar refractivity (Wildman–Crippen MR) is 105 cm³/mol. The van der Waals surface area contributed by atoms with Gasteiger partial charge in [0.2, 0.25) is 0 Å². The summed E-state index contributed by atoms with van der Waals surface area (Å²) in [5.74, 6) is -0.932. The summed E-state index contributed by atoms with van der Waals surface area (Å²) in [5.41, 5.74) is 1.02. The number of ether oxygens (including phenoxy) is 3. The number of nitriles is 1. The van der Waals surface area contributed by atoms with Crippen molar-refractivity contribution in [2.24, 2.45) is 0 Å². The SMILES string of the molecule is C1=COCCC1.COP(=O)(OC)C(OC1CCCCO1)c1cccc(C#N)c1. The molecule has 1 fully saturated rings. The van der Waals surface area contributed by atoms with Gasteiger partial charge in [0.1, 0.15) is 0 Å². The summed E-state index contributed by atoms with van der Waals surface area (Å²) in [5, 5.41) is 9.04. The average Bonchev–Trinajstić information content (AvgIpc) is 2.79. The molecule has 0 amide bonds. The van der Waals surface area contributed by atoms with Crippen molar-refractivity contribution >= 4 is 7.60 Å². The smallest absolute Gasteiger partial charge is 0.363 e. The van der Waals surface area contributed by atoms with Crippen LogP contribution in [0.25, 0.3) is 0 Å². The minimum atomic E-state index is -3.52. The lowest BCUT2D eigenvalue weighted by Crippen LogP contribution is -2.25. The van der Waals surface area contributed by atoms with E-state index in [-0.39, 0.29) is 0 Å². The van der Waals surface area contributed by atoms with Crippen LogP contribution >= 0.6 is 7.60 Å². The molecule has 2 aliphatic heterocycles. The molecule has 0 bridgehead atoms. The molecule has 2 aliphatic rings. The summed E-state index contributed by atoms with van der Waals surface area (Å²) in [4.78, 5) is 0. The Bertz CT molecular complexity index is 695. The fraction of sp³-hybridized carbons (Fsp3) is 0.550. The van der Waals surface area contributed by atoms with Crippen molar-refractivity contribution in [1.29, 1.82) is 5.26 Å². The van der Waals surface area contributed by atoms with E-state index < -0.39 is 19.7 Å². The molecule has 8 heteroatoms. The largest absolute Gasteiger partial charge is 0.502 e. The van der Waals surface area contributed by atoms with Crippen molar-refractivity contribution in [3.05, 3.63) is 47.7 Å². The average molecular weight is 409 g/mol. The van der Waals surface area contributed by atoms with E-state index in [0.717, 1.165) is 25.9 Å². The second-order valence-electron chi connectivity index (χ2n) is 6.31. The summed E-state index contributed by atoms with van der Waals surface area (Å²) in [6.45, 7) is 1.52. The van der Waals surface area contributed by atoms with Crippen LogP contribution < -0.4 is 0 Å². The van der Waals surface area contributed by atoms with Crippen molar-refractivity contribution < 1.29 is 27.8 Å². The minimum absolute atomic E-state index is 0.453. The van der Waals surface area contributed by atoms with Crippen molar-refractivity contribution in [3.63, 3.8) is 0 Å². The second kappa shape index (κ2) is 12.0. The minimum Gasteiger partial charge on any atom is -0.502 e. The lowest BCUT2D eigenvalue weighted by atomic mass is 10.1. The van der Waals surface area contributed by atoms with Gasteiger partial charge in [-0.3, -0.25) is 4.57 Å². The molecule has 1 saturated heterocycles. The van der Waals surface area contributed by atoms with Gasteiger partial charge in [-0.2, -0.15) is 5.26 Å². The highest BCUT2D eigenvalue weighted by atomic mass is 31.2. The van der Waals surface area contributed by atoms with Crippen LogP contribution in [-0.2, 0) is 27.8 Å². The van der Waals surface area contributed by atoms with Gasteiger partial charge in [0.25, 0.3) is 0 Å². The Kier molecular flexibility index (Phi) is 9.69. The molecule has 1 aromatic rings. The number of rotatable bonds is 6. The Hall–Kier alpha value is -1.68. The lowest BCUT2D eigenvalue weighted by molar-refractivity contribution is -0.176. The number of hydrogen-bond donors (Lipinski definition) is 0. The van der Waals surface area contributed by atoms with E-state index in [0.29, 0.717) is 17.7 Å². The molecule has 0 spiro atoms. The number of allylic oxidation sites excluding steroid dienone is 1. The summed E-state index contributed by atoms with van der Waals surface area (Å²) in [7, 11) is -0.890. The number of hydrogen-bond acceptors (Lipinski definition) is 7. The van der Waals surface area contributed by atoms with Gasteiger partial charge in [-0.05, 0) is 55.9 Å². The van der Waals surface area contributed by atoms with Crippen LogP contribution in [0.15, 0.2) is 36.6 Å². The number of nitrogens with zero attached hydrogens (tertiary/aromatic N) is 1. The molecule has 0 saturated carbocycles. The van der Waals surface area contributed by atoms with Crippen molar-refractivity contribution in [2.45, 2.75) is 44.2 Å². The predicted octanol–water partition coefficient (Wildman–Crippen LogP) is 4.90. The maximum Gasteiger partial charge on any atom is 0.363 e. The molecule has 0 radical (unpaired) electrons. The van der Waals surface area contributed by atoms with Gasteiger partial charge >= 0.3 is 7.60 Å². The molecule has 7 nitrogen and oxygen atoms in total. The molecular formula is C20H28NO6P. The molecule has 0 aliphatic carbocycles. The van der Waals surface area contributed by atoms with E-state index in [1.807, 2.05) is 6.08 Å². The molecule has 0 N–H and O–H groups in total. The number of benzene rings is 1. The maximum absolute atomic E-state index is 12.8. The van der Waals surface area contributed by atoms with Gasteiger partial charge in [-0.25, -0.2) is 0 Å². The molecule has 28 heavy (non-hydrogen) atoms. The van der Waals surface area contributed by atoms with E-state index in [1.165, 1.54) is 27.1 Å². The van der Waals surface area contributed by atoms with Gasteiger partial charge in [-0.1, -0.05) is 12.1 Å². The van der Waals surface area contributed by atoms with E-state index in [1.54, 1.807) is 30.5 Å². The highest BCUT2D eigenvalue weighted by molar-refractivity contribution is 7.54. The van der Waals surface area contributed by atoms with Crippen LogP contribution in [0.3, 0.4) is 0 Å². The molecule has 0 aromatic heterocycles. The van der Waals surface area contributed by atoms with Crippen LogP contribution in [0, 0.1) is 11.3 Å². The zero-order valence-electron chi connectivity index (χ0n) is 16.4. The fourth-order valence-electron chi connectivity index (χ4n) is 2.81. The first-order valence-corrected chi connectivity index (χ1v) is 11.0. The summed E-state index contributed by atoms with van der Waals surface area (Å²) >= 11 is 0. The fourth-order valence-corrected chi connectivity index (χ4v) is 4.16. The molecule has 3 rings (SSSR count). The van der Waals surface area contributed by atoms with Crippen molar-refractivity contribution in [1.82, 2.24) is 0 Å². The Morgan fingerprint density at radius 1 is 1.21 bits per heavy atom. The van der Waals surface area contributed by atoms with Gasteiger partial charge in [0.15, 0.2) is 12.1 Å². The molecule has 154 valence electrons. The van der Waals surface area contributed by atoms with E-state index in [9.17, 15) is 4.57 Å². The topological polar surface area (TPSA) is 87.0 Å². The van der Waals surface area contributed by atoms with Gasteiger partial charge < -0.3 is 23.3 Å². The monoisotopic (exact) mass is 409 g/mol. The Balaban J connectivity index is 0.000000397. The van der Waals surface area contributed by atoms with Crippen molar-refractivity contribution in [3.8, 4) is 6.07 Å². The van der Waals surface area contributed by atoms with Crippen molar-refractivity contribution in [2.75, 3.05) is 27.4 Å². The normalized spacial score (nSPS) is 20.2. The third kappa shape index (κ3) is 6.73. The standard InChI is InChI=1S/C15H20NO5P.C5H8O/c1-18-22(17,19-2)15(21-14-8-3-4-9-20-14)13-7-5-6-12(10-13)11-16;1-2-4-6-5-3-1/h5-7,10,14-15H,3-4,8-9H2,1-2H3;2,4H,1,3,5H2.